The van der Waals surface area contributed by atoms with E-state index in [2.05, 4.69) is 10.1 Å². The standard InChI is InChI=1S/C23H19F2N5O3S/c1-13-20(34-21(28-13)23(2,3)32)33-19-8-7-15(9-18(19)25)30-22(31)29(12-27-30)11-16-14(10-26)5-4-6-17(16)24/h4-9,12,32H,11H2,1-3H3. The smallest absolute Gasteiger partial charge is 0.350 e. The number of rotatable bonds is 6. The minimum atomic E-state index is -1.16. The number of halogens is 2. The summed E-state index contributed by atoms with van der Waals surface area (Å²) in [6.45, 7) is 4.67. The average Bonchev–Trinajstić information content (AvgIpc) is 3.33. The molecule has 0 aliphatic rings. The zero-order valence-corrected chi connectivity index (χ0v) is 19.2. The Kier molecular flexibility index (Phi) is 6.03. The number of nitrogens with zero attached hydrogens (tertiary/aromatic N) is 5. The van der Waals surface area contributed by atoms with Crippen molar-refractivity contribution in [1.82, 2.24) is 19.3 Å². The Hall–Kier alpha value is -3.88. The number of benzene rings is 2. The summed E-state index contributed by atoms with van der Waals surface area (Å²) in [6, 6.07) is 9.86. The molecule has 4 rings (SSSR count). The Labute approximate surface area is 196 Å². The largest absolute Gasteiger partial charge is 0.442 e. The molecule has 0 saturated carbocycles. The summed E-state index contributed by atoms with van der Waals surface area (Å²) in [6.07, 6.45) is 1.19. The van der Waals surface area contributed by atoms with E-state index < -0.39 is 22.9 Å². The number of aryl methyl sites for hydroxylation is 1. The van der Waals surface area contributed by atoms with Gasteiger partial charge in [0.15, 0.2) is 11.6 Å². The van der Waals surface area contributed by atoms with Crippen LogP contribution in [0.5, 0.6) is 10.8 Å². The second-order valence-corrected chi connectivity index (χ2v) is 8.96. The van der Waals surface area contributed by atoms with Crippen LogP contribution < -0.4 is 10.4 Å². The predicted octanol–water partition coefficient (Wildman–Crippen LogP) is 4.02. The molecule has 174 valence electrons. The third kappa shape index (κ3) is 4.46. The lowest BCUT2D eigenvalue weighted by Crippen LogP contribution is -2.24. The van der Waals surface area contributed by atoms with Gasteiger partial charge in [0.2, 0.25) is 5.06 Å². The van der Waals surface area contributed by atoms with Gasteiger partial charge in [0.05, 0.1) is 29.6 Å². The van der Waals surface area contributed by atoms with Gasteiger partial charge in [-0.1, -0.05) is 17.4 Å². The fraction of sp³-hybridized carbons (Fsp3) is 0.217. The van der Waals surface area contributed by atoms with Crippen LogP contribution in [-0.4, -0.2) is 24.4 Å². The number of hydrogen-bond acceptors (Lipinski definition) is 7. The summed E-state index contributed by atoms with van der Waals surface area (Å²) in [5.41, 5.74) is -0.972. The lowest BCUT2D eigenvalue weighted by Gasteiger charge is -2.12. The Morgan fingerprint density at radius 3 is 2.65 bits per heavy atom. The lowest BCUT2D eigenvalue weighted by molar-refractivity contribution is 0.0781. The minimum absolute atomic E-state index is 0.0620. The lowest BCUT2D eigenvalue weighted by atomic mass is 10.1. The van der Waals surface area contributed by atoms with Crippen molar-refractivity contribution in [2.24, 2.45) is 0 Å². The highest BCUT2D eigenvalue weighted by atomic mass is 32.1. The maximum atomic E-state index is 14.8. The SMILES string of the molecule is Cc1nc(C(C)(C)O)sc1Oc1ccc(-n2ncn(Cc3c(F)cccc3C#N)c2=O)cc1F. The molecule has 0 spiro atoms. The first-order chi connectivity index (χ1) is 16.1. The van der Waals surface area contributed by atoms with E-state index in [0.29, 0.717) is 15.8 Å². The van der Waals surface area contributed by atoms with Crippen LogP contribution in [0.4, 0.5) is 8.78 Å². The molecular formula is C23H19F2N5O3S. The highest BCUT2D eigenvalue weighted by molar-refractivity contribution is 7.13. The van der Waals surface area contributed by atoms with Crippen molar-refractivity contribution in [3.63, 3.8) is 0 Å². The second kappa shape index (κ2) is 8.81. The minimum Gasteiger partial charge on any atom is -0.442 e. The first-order valence-electron chi connectivity index (χ1n) is 10.1. The van der Waals surface area contributed by atoms with Crippen LogP contribution in [0.15, 0.2) is 47.5 Å². The maximum absolute atomic E-state index is 14.8. The van der Waals surface area contributed by atoms with E-state index in [1.165, 1.54) is 36.7 Å². The van der Waals surface area contributed by atoms with Crippen molar-refractivity contribution in [2.45, 2.75) is 32.9 Å². The molecule has 2 heterocycles. The topological polar surface area (TPSA) is 106 Å². The van der Waals surface area contributed by atoms with Crippen molar-refractivity contribution < 1.29 is 18.6 Å². The van der Waals surface area contributed by atoms with Crippen molar-refractivity contribution >= 4 is 11.3 Å². The van der Waals surface area contributed by atoms with E-state index in [1.807, 2.05) is 6.07 Å². The number of aromatic nitrogens is 4. The molecule has 0 amide bonds. The molecule has 0 aliphatic heterocycles. The molecule has 0 aliphatic carbocycles. The van der Waals surface area contributed by atoms with Gasteiger partial charge < -0.3 is 9.84 Å². The number of nitriles is 1. The van der Waals surface area contributed by atoms with E-state index in [1.54, 1.807) is 20.8 Å². The van der Waals surface area contributed by atoms with Gasteiger partial charge >= 0.3 is 5.69 Å². The Morgan fingerprint density at radius 1 is 1.24 bits per heavy atom. The number of aliphatic hydroxyl groups is 1. The van der Waals surface area contributed by atoms with Crippen LogP contribution >= 0.6 is 11.3 Å². The van der Waals surface area contributed by atoms with Crippen LogP contribution in [0.3, 0.4) is 0 Å². The molecule has 4 aromatic rings. The van der Waals surface area contributed by atoms with Gasteiger partial charge in [-0.3, -0.25) is 4.57 Å². The molecular weight excluding hydrogens is 464 g/mol. The van der Waals surface area contributed by atoms with Crippen LogP contribution in [0.2, 0.25) is 0 Å². The van der Waals surface area contributed by atoms with Gasteiger partial charge in [-0.25, -0.2) is 18.6 Å². The highest BCUT2D eigenvalue weighted by Crippen LogP contribution is 2.36. The Bertz CT molecular complexity index is 1480. The van der Waals surface area contributed by atoms with E-state index >= 15 is 0 Å². The molecule has 34 heavy (non-hydrogen) atoms. The predicted molar refractivity (Wildman–Crippen MR) is 120 cm³/mol. The third-order valence-corrected chi connectivity index (χ3v) is 6.29. The average molecular weight is 484 g/mol. The van der Waals surface area contributed by atoms with Crippen molar-refractivity contribution in [3.05, 3.63) is 86.7 Å². The summed E-state index contributed by atoms with van der Waals surface area (Å²) in [4.78, 5) is 17.0. The van der Waals surface area contributed by atoms with Gasteiger partial charge in [-0.2, -0.15) is 15.0 Å². The van der Waals surface area contributed by atoms with E-state index in [9.17, 15) is 23.9 Å². The summed E-state index contributed by atoms with van der Waals surface area (Å²) in [5.74, 6) is -1.44. The molecule has 8 nitrogen and oxygen atoms in total. The van der Waals surface area contributed by atoms with E-state index in [0.717, 1.165) is 26.7 Å². The fourth-order valence-corrected chi connectivity index (χ4v) is 4.09. The zero-order valence-electron chi connectivity index (χ0n) is 18.4. The highest BCUT2D eigenvalue weighted by Gasteiger charge is 2.24. The zero-order chi connectivity index (χ0) is 24.6. The van der Waals surface area contributed by atoms with Crippen LogP contribution in [0.1, 0.15) is 35.7 Å². The molecule has 0 saturated heterocycles. The summed E-state index contributed by atoms with van der Waals surface area (Å²) >= 11 is 1.11. The van der Waals surface area contributed by atoms with Crippen molar-refractivity contribution in [1.29, 1.82) is 5.26 Å². The summed E-state index contributed by atoms with van der Waals surface area (Å²) in [5, 5.41) is 24.1. The van der Waals surface area contributed by atoms with Gasteiger partial charge in [0.1, 0.15) is 22.8 Å². The van der Waals surface area contributed by atoms with Gasteiger partial charge in [0.25, 0.3) is 0 Å². The van der Waals surface area contributed by atoms with Crippen LogP contribution in [0.25, 0.3) is 5.69 Å². The monoisotopic (exact) mass is 483 g/mol. The van der Waals surface area contributed by atoms with Crippen LogP contribution in [-0.2, 0) is 12.1 Å². The molecule has 0 fully saturated rings. The van der Waals surface area contributed by atoms with E-state index in [4.69, 9.17) is 4.74 Å². The molecule has 1 N–H and O–H groups in total. The quantitative estimate of drug-likeness (QED) is 0.444. The van der Waals surface area contributed by atoms with Crippen LogP contribution in [0, 0.1) is 29.9 Å². The Balaban J connectivity index is 1.60. The summed E-state index contributed by atoms with van der Waals surface area (Å²) < 4.78 is 36.7. The van der Waals surface area contributed by atoms with Crippen molar-refractivity contribution in [2.75, 3.05) is 0 Å². The molecule has 0 radical (unpaired) electrons. The van der Waals surface area contributed by atoms with Gasteiger partial charge in [-0.05, 0) is 45.0 Å². The number of ether oxygens (including phenoxy) is 1. The molecule has 0 bridgehead atoms. The Morgan fingerprint density at radius 2 is 2.00 bits per heavy atom. The van der Waals surface area contributed by atoms with E-state index in [-0.39, 0.29) is 29.1 Å². The third-order valence-electron chi connectivity index (χ3n) is 4.94. The van der Waals surface area contributed by atoms with Gasteiger partial charge in [-0.15, -0.1) is 0 Å². The molecule has 0 atom stereocenters. The maximum Gasteiger partial charge on any atom is 0.350 e. The summed E-state index contributed by atoms with van der Waals surface area (Å²) in [7, 11) is 0. The van der Waals surface area contributed by atoms with Crippen molar-refractivity contribution in [3.8, 4) is 22.6 Å². The normalized spacial score (nSPS) is 11.4. The second-order valence-electron chi connectivity index (χ2n) is 8.00. The number of thiazole rings is 1. The first-order valence-corrected chi connectivity index (χ1v) is 10.9. The molecule has 2 aromatic heterocycles. The number of hydrogen-bond donors (Lipinski definition) is 1. The molecule has 2 aromatic carbocycles. The molecule has 11 heteroatoms. The first kappa shape index (κ1) is 23.3. The van der Waals surface area contributed by atoms with Gasteiger partial charge in [0, 0.05) is 11.6 Å². The molecule has 0 unspecified atom stereocenters. The fourth-order valence-electron chi connectivity index (χ4n) is 3.16.